The Labute approximate surface area is 337 Å². The first-order valence-corrected chi connectivity index (χ1v) is 20.9. The fraction of sp³-hybridized carbons (Fsp3) is 0.0370. The number of allylic oxidation sites excluding steroid dienone is 1. The Hall–Kier alpha value is -7.14. The average molecular weight is 759 g/mol. The molecule has 4 heterocycles. The first kappa shape index (κ1) is 32.0. The van der Waals surface area contributed by atoms with Crippen LogP contribution in [0.15, 0.2) is 180 Å². The molecule has 0 spiro atoms. The van der Waals surface area contributed by atoms with Crippen LogP contribution in [0.3, 0.4) is 0 Å². The third kappa shape index (κ3) is 4.55. The molecule has 0 saturated carbocycles. The fourth-order valence-corrected chi connectivity index (χ4v) is 11.1. The van der Waals surface area contributed by atoms with Crippen molar-refractivity contribution in [1.82, 2.24) is 9.13 Å². The molecule has 272 valence electrons. The van der Waals surface area contributed by atoms with E-state index in [2.05, 4.69) is 185 Å². The van der Waals surface area contributed by atoms with Crippen LogP contribution in [0.5, 0.6) is 0 Å². The van der Waals surface area contributed by atoms with E-state index < -0.39 is 0 Å². The minimum absolute atomic E-state index is 0.913. The molecule has 0 N–H and O–H groups in total. The maximum atomic E-state index is 6.27. The highest BCUT2D eigenvalue weighted by molar-refractivity contribution is 7.26. The van der Waals surface area contributed by atoms with E-state index in [1.165, 1.54) is 92.1 Å². The molecule has 3 nitrogen and oxygen atoms in total. The van der Waals surface area contributed by atoms with Gasteiger partial charge in [0, 0.05) is 69.7 Å². The number of thiophene rings is 1. The van der Waals surface area contributed by atoms with E-state index in [-0.39, 0.29) is 0 Å². The van der Waals surface area contributed by atoms with Gasteiger partial charge >= 0.3 is 0 Å². The largest absolute Gasteiger partial charge is 0.456 e. The Bertz CT molecular complexity index is 3680. The van der Waals surface area contributed by atoms with E-state index in [1.54, 1.807) is 0 Å². The zero-order valence-electron chi connectivity index (χ0n) is 31.4. The molecule has 0 radical (unpaired) electrons. The van der Waals surface area contributed by atoms with E-state index in [0.29, 0.717) is 0 Å². The standard InChI is InChI=1S/C54H34N2OS/c1-2-13-35(14-3-1)55-47-21-9-5-18-41(47)53-37(19-12-22-49(53)55)33-25-27-48-43(29-33)38-15-4-8-20-46(38)56(48)36-31-42(54-45(32-36)40-17-7-11-24-52(40)58-54)34-26-28-51-44(30-34)39-16-6-10-23-50(39)57-51/h1-4,6-17,19-32H,5,18H2. The SMILES string of the molecule is C1=Cc2c(c3c(-c4ccc5c(c4)c4ccccc4n5-c4cc(-c5ccc6oc7ccccc7c6c5)c5sc6ccccc6c5c4)cccc3n2-c2ccccc2)CC1. The summed E-state index contributed by atoms with van der Waals surface area (Å²) in [4.78, 5) is 0. The fourth-order valence-electron chi connectivity index (χ4n) is 9.85. The van der Waals surface area contributed by atoms with Crippen molar-refractivity contribution in [3.8, 4) is 33.6 Å². The molecule has 13 rings (SSSR count). The topological polar surface area (TPSA) is 23.0 Å². The maximum absolute atomic E-state index is 6.27. The molecule has 0 atom stereocenters. The van der Waals surface area contributed by atoms with Gasteiger partial charge in [-0.1, -0.05) is 103 Å². The second-order valence-corrected chi connectivity index (χ2v) is 16.6. The van der Waals surface area contributed by atoms with Crippen molar-refractivity contribution in [2.24, 2.45) is 0 Å². The van der Waals surface area contributed by atoms with Crippen LogP contribution in [0.1, 0.15) is 17.7 Å². The first-order valence-electron chi connectivity index (χ1n) is 20.1. The van der Waals surface area contributed by atoms with Crippen LogP contribution in [0.25, 0.3) is 115 Å². The zero-order chi connectivity index (χ0) is 37.9. The van der Waals surface area contributed by atoms with Crippen molar-refractivity contribution in [3.05, 3.63) is 187 Å². The summed E-state index contributed by atoms with van der Waals surface area (Å²) in [6.07, 6.45) is 6.73. The molecule has 1 aliphatic rings. The molecular formula is C54H34N2OS. The van der Waals surface area contributed by atoms with Crippen molar-refractivity contribution in [2.75, 3.05) is 0 Å². The van der Waals surface area contributed by atoms with Gasteiger partial charge in [0.05, 0.1) is 16.6 Å². The van der Waals surface area contributed by atoms with Gasteiger partial charge in [-0.2, -0.15) is 0 Å². The van der Waals surface area contributed by atoms with Crippen molar-refractivity contribution in [3.63, 3.8) is 0 Å². The molecule has 12 aromatic rings. The van der Waals surface area contributed by atoms with E-state index in [0.717, 1.165) is 40.5 Å². The van der Waals surface area contributed by atoms with Crippen LogP contribution >= 0.6 is 11.3 Å². The summed E-state index contributed by atoms with van der Waals surface area (Å²) < 4.78 is 13.8. The lowest BCUT2D eigenvalue weighted by atomic mass is 9.94. The molecule has 1 aliphatic carbocycles. The number of hydrogen-bond donors (Lipinski definition) is 0. The predicted molar refractivity (Wildman–Crippen MR) is 246 cm³/mol. The number of benzene rings is 8. The Morgan fingerprint density at radius 1 is 0.466 bits per heavy atom. The Morgan fingerprint density at radius 2 is 1.19 bits per heavy atom. The van der Waals surface area contributed by atoms with Crippen LogP contribution in [0.2, 0.25) is 0 Å². The number of fused-ring (bicyclic) bond motifs is 12. The smallest absolute Gasteiger partial charge is 0.135 e. The maximum Gasteiger partial charge on any atom is 0.135 e. The minimum atomic E-state index is 0.913. The Balaban J connectivity index is 1.05. The van der Waals surface area contributed by atoms with E-state index in [9.17, 15) is 0 Å². The zero-order valence-corrected chi connectivity index (χ0v) is 32.3. The quantitative estimate of drug-likeness (QED) is 0.175. The van der Waals surface area contributed by atoms with E-state index in [1.807, 2.05) is 17.4 Å². The molecule has 0 aliphatic heterocycles. The highest BCUT2D eigenvalue weighted by atomic mass is 32.1. The molecule has 4 heteroatoms. The van der Waals surface area contributed by atoms with Crippen molar-refractivity contribution >= 4 is 92.2 Å². The lowest BCUT2D eigenvalue weighted by molar-refractivity contribution is 0.669. The van der Waals surface area contributed by atoms with Gasteiger partial charge in [0.15, 0.2) is 0 Å². The summed E-state index contributed by atoms with van der Waals surface area (Å²) in [5.41, 5.74) is 15.5. The highest BCUT2D eigenvalue weighted by Crippen LogP contribution is 2.46. The molecule has 0 fully saturated rings. The summed E-state index contributed by atoms with van der Waals surface area (Å²) >= 11 is 1.88. The van der Waals surface area contributed by atoms with Crippen molar-refractivity contribution in [1.29, 1.82) is 0 Å². The normalized spacial score (nSPS) is 13.0. The predicted octanol–water partition coefficient (Wildman–Crippen LogP) is 15.3. The van der Waals surface area contributed by atoms with Crippen LogP contribution in [-0.2, 0) is 6.42 Å². The molecule has 0 bridgehead atoms. The van der Waals surface area contributed by atoms with Crippen molar-refractivity contribution in [2.45, 2.75) is 12.8 Å². The van der Waals surface area contributed by atoms with Gasteiger partial charge in [-0.25, -0.2) is 0 Å². The summed E-state index contributed by atoms with van der Waals surface area (Å²) in [7, 11) is 0. The third-order valence-corrected chi connectivity index (χ3v) is 13.6. The number of nitrogens with zero attached hydrogens (tertiary/aromatic N) is 2. The van der Waals surface area contributed by atoms with Gasteiger partial charge in [0.2, 0.25) is 0 Å². The van der Waals surface area contributed by atoms with Crippen LogP contribution in [0.4, 0.5) is 0 Å². The van der Waals surface area contributed by atoms with Crippen LogP contribution < -0.4 is 0 Å². The molecule has 58 heavy (non-hydrogen) atoms. The van der Waals surface area contributed by atoms with Crippen molar-refractivity contribution < 1.29 is 4.42 Å². The number of aryl methyl sites for hydroxylation is 1. The number of hydrogen-bond acceptors (Lipinski definition) is 2. The van der Waals surface area contributed by atoms with Gasteiger partial charge in [-0.3, -0.25) is 0 Å². The monoisotopic (exact) mass is 758 g/mol. The summed E-state index contributed by atoms with van der Waals surface area (Å²) in [5, 5.41) is 8.72. The molecule has 0 saturated heterocycles. The number of furan rings is 1. The molecular weight excluding hydrogens is 725 g/mol. The van der Waals surface area contributed by atoms with E-state index >= 15 is 0 Å². The molecule has 0 amide bonds. The summed E-state index contributed by atoms with van der Waals surface area (Å²) in [6.45, 7) is 0. The minimum Gasteiger partial charge on any atom is -0.456 e. The number of rotatable bonds is 4. The molecule has 8 aromatic carbocycles. The second-order valence-electron chi connectivity index (χ2n) is 15.5. The number of para-hydroxylation sites is 3. The first-order chi connectivity index (χ1) is 28.8. The van der Waals surface area contributed by atoms with Gasteiger partial charge in [-0.05, 0) is 114 Å². The summed E-state index contributed by atoms with van der Waals surface area (Å²) in [5.74, 6) is 0. The van der Waals surface area contributed by atoms with E-state index in [4.69, 9.17) is 4.42 Å². The van der Waals surface area contributed by atoms with Gasteiger partial charge in [-0.15, -0.1) is 11.3 Å². The average Bonchev–Trinajstić information content (AvgIpc) is 4.03. The van der Waals surface area contributed by atoms with Gasteiger partial charge in [0.25, 0.3) is 0 Å². The number of aromatic nitrogens is 2. The third-order valence-electron chi connectivity index (χ3n) is 12.4. The Morgan fingerprint density at radius 3 is 2.12 bits per heavy atom. The van der Waals surface area contributed by atoms with Crippen LogP contribution in [0, 0.1) is 0 Å². The molecule has 4 aromatic heterocycles. The second kappa shape index (κ2) is 12.2. The lowest BCUT2D eigenvalue weighted by Gasteiger charge is -2.13. The Kier molecular flexibility index (Phi) is 6.72. The lowest BCUT2D eigenvalue weighted by Crippen LogP contribution is -1.99. The highest BCUT2D eigenvalue weighted by Gasteiger charge is 2.23. The van der Waals surface area contributed by atoms with Gasteiger partial charge < -0.3 is 13.6 Å². The van der Waals surface area contributed by atoms with Gasteiger partial charge in [0.1, 0.15) is 11.2 Å². The molecule has 0 unspecified atom stereocenters. The summed E-state index contributed by atoms with van der Waals surface area (Å²) in [6, 6.07) is 62.4. The van der Waals surface area contributed by atoms with Crippen LogP contribution in [-0.4, -0.2) is 9.13 Å².